The molecule has 4 rings (SSSR count). The molecule has 1 heterocycles. The van der Waals surface area contributed by atoms with Crippen molar-refractivity contribution in [1.29, 1.82) is 0 Å². The molecule has 136 valence electrons. The number of fused-ring (bicyclic) bond motifs is 3. The molecule has 0 spiro atoms. The van der Waals surface area contributed by atoms with Crippen molar-refractivity contribution in [1.82, 2.24) is 4.57 Å². The van der Waals surface area contributed by atoms with Crippen molar-refractivity contribution < 1.29 is 18.0 Å². The van der Waals surface area contributed by atoms with Crippen molar-refractivity contribution in [2.24, 2.45) is 5.73 Å². The van der Waals surface area contributed by atoms with Crippen LogP contribution in [-0.4, -0.2) is 10.5 Å². The maximum atomic E-state index is 14.2. The number of primary amides is 1. The zero-order valence-electron chi connectivity index (χ0n) is 13.8. The molecule has 27 heavy (non-hydrogen) atoms. The number of nitrogens with two attached hydrogens (primary N) is 1. The van der Waals surface area contributed by atoms with Gasteiger partial charge >= 0.3 is 0 Å². The normalized spacial score (nSPS) is 11.4. The highest BCUT2D eigenvalue weighted by Gasteiger charge is 2.21. The number of halogens is 4. The fourth-order valence-electron chi connectivity index (χ4n) is 3.40. The van der Waals surface area contributed by atoms with E-state index in [1.165, 1.54) is 0 Å². The predicted octanol–water partition coefficient (Wildman–Crippen LogP) is 5.01. The van der Waals surface area contributed by atoms with Crippen LogP contribution in [0.5, 0.6) is 0 Å². The molecular formula is C20H12ClF3N2O. The van der Waals surface area contributed by atoms with Crippen LogP contribution in [0.3, 0.4) is 0 Å². The Morgan fingerprint density at radius 3 is 2.44 bits per heavy atom. The average molecular weight is 389 g/mol. The number of para-hydroxylation sites is 1. The van der Waals surface area contributed by atoms with Gasteiger partial charge in [-0.25, -0.2) is 13.2 Å². The molecule has 3 aromatic carbocycles. The molecule has 0 fully saturated rings. The third-order valence-corrected chi connectivity index (χ3v) is 4.88. The molecule has 0 aliphatic heterocycles. The fourth-order valence-corrected chi connectivity index (χ4v) is 3.68. The summed E-state index contributed by atoms with van der Waals surface area (Å²) in [5.41, 5.74) is 6.31. The van der Waals surface area contributed by atoms with Gasteiger partial charge in [0.25, 0.3) is 0 Å². The van der Waals surface area contributed by atoms with Crippen molar-refractivity contribution >= 4 is 39.3 Å². The molecule has 1 aromatic heterocycles. The first-order valence-electron chi connectivity index (χ1n) is 8.01. The third-order valence-electron chi connectivity index (χ3n) is 4.58. The lowest BCUT2D eigenvalue weighted by Crippen LogP contribution is -2.11. The van der Waals surface area contributed by atoms with Gasteiger partial charge in [-0.05, 0) is 30.3 Å². The predicted molar refractivity (Wildman–Crippen MR) is 98.4 cm³/mol. The second-order valence-electron chi connectivity index (χ2n) is 6.11. The summed E-state index contributed by atoms with van der Waals surface area (Å²) in [6, 6.07) is 11.5. The van der Waals surface area contributed by atoms with Gasteiger partial charge in [0.1, 0.15) is 5.82 Å². The summed E-state index contributed by atoms with van der Waals surface area (Å²) in [5.74, 6) is -3.91. The van der Waals surface area contributed by atoms with Crippen LogP contribution in [0.2, 0.25) is 5.02 Å². The number of hydrogen-bond donors (Lipinski definition) is 1. The maximum absolute atomic E-state index is 14.2. The molecule has 2 N–H and O–H groups in total. The largest absolute Gasteiger partial charge is 0.366 e. The van der Waals surface area contributed by atoms with Crippen molar-refractivity contribution in [3.05, 3.63) is 82.1 Å². The van der Waals surface area contributed by atoms with Gasteiger partial charge in [-0.2, -0.15) is 0 Å². The first-order valence-corrected chi connectivity index (χ1v) is 8.39. The Balaban J connectivity index is 2.10. The molecule has 0 saturated heterocycles. The number of hydrogen-bond acceptors (Lipinski definition) is 1. The highest BCUT2D eigenvalue weighted by molar-refractivity contribution is 6.37. The van der Waals surface area contributed by atoms with E-state index >= 15 is 0 Å². The average Bonchev–Trinajstić information content (AvgIpc) is 2.97. The summed E-state index contributed by atoms with van der Waals surface area (Å²) in [7, 11) is 0. The van der Waals surface area contributed by atoms with E-state index in [0.29, 0.717) is 26.8 Å². The SMILES string of the molecule is NC(=O)c1cccc2c1c1cccc(Cl)c1n2Cc1c(F)ccc(F)c1F. The van der Waals surface area contributed by atoms with Gasteiger partial charge in [-0.3, -0.25) is 4.79 Å². The van der Waals surface area contributed by atoms with Gasteiger partial charge in [0, 0.05) is 21.9 Å². The van der Waals surface area contributed by atoms with E-state index in [4.69, 9.17) is 17.3 Å². The maximum Gasteiger partial charge on any atom is 0.249 e. The van der Waals surface area contributed by atoms with Crippen LogP contribution in [0.4, 0.5) is 13.2 Å². The molecule has 0 saturated carbocycles. The van der Waals surface area contributed by atoms with Crippen LogP contribution in [-0.2, 0) is 6.54 Å². The zero-order chi connectivity index (χ0) is 19.3. The summed E-state index contributed by atoms with van der Waals surface area (Å²) < 4.78 is 43.6. The third kappa shape index (κ3) is 2.64. The molecule has 0 radical (unpaired) electrons. The number of rotatable bonds is 3. The summed E-state index contributed by atoms with van der Waals surface area (Å²) >= 11 is 6.34. The molecule has 3 nitrogen and oxygen atoms in total. The minimum absolute atomic E-state index is 0.263. The minimum atomic E-state index is -1.26. The molecule has 0 atom stereocenters. The summed E-state index contributed by atoms with van der Waals surface area (Å²) in [6.07, 6.45) is 0. The molecule has 7 heteroatoms. The van der Waals surface area contributed by atoms with Gasteiger partial charge in [-0.1, -0.05) is 29.8 Å². The van der Waals surface area contributed by atoms with E-state index in [9.17, 15) is 18.0 Å². The number of carbonyl (C=O) groups excluding carboxylic acids is 1. The highest BCUT2D eigenvalue weighted by atomic mass is 35.5. The Morgan fingerprint density at radius 2 is 1.70 bits per heavy atom. The second-order valence-corrected chi connectivity index (χ2v) is 6.52. The topological polar surface area (TPSA) is 48.0 Å². The zero-order valence-corrected chi connectivity index (χ0v) is 14.5. The fraction of sp³-hybridized carbons (Fsp3) is 0.0500. The summed E-state index contributed by atoms with van der Waals surface area (Å²) in [5, 5.41) is 1.47. The Morgan fingerprint density at radius 1 is 1.00 bits per heavy atom. The second kappa shape index (κ2) is 6.32. The molecule has 0 aliphatic carbocycles. The Bertz CT molecular complexity index is 1230. The molecule has 0 unspecified atom stereocenters. The van der Waals surface area contributed by atoms with Crippen LogP contribution in [0.15, 0.2) is 48.5 Å². The number of carbonyl (C=O) groups is 1. The first kappa shape index (κ1) is 17.4. The van der Waals surface area contributed by atoms with Gasteiger partial charge in [-0.15, -0.1) is 0 Å². The quantitative estimate of drug-likeness (QED) is 0.493. The lowest BCUT2D eigenvalue weighted by molar-refractivity contribution is 0.100. The number of nitrogens with zero attached hydrogens (tertiary/aromatic N) is 1. The highest BCUT2D eigenvalue weighted by Crippen LogP contribution is 2.36. The van der Waals surface area contributed by atoms with E-state index in [1.54, 1.807) is 41.0 Å². The van der Waals surface area contributed by atoms with E-state index in [0.717, 1.165) is 12.1 Å². The van der Waals surface area contributed by atoms with E-state index in [-0.39, 0.29) is 12.1 Å². The number of aromatic nitrogens is 1. The van der Waals surface area contributed by atoms with Gasteiger partial charge in [0.2, 0.25) is 5.91 Å². The van der Waals surface area contributed by atoms with E-state index in [1.807, 2.05) is 0 Å². The number of amides is 1. The van der Waals surface area contributed by atoms with Gasteiger partial charge in [0.05, 0.1) is 22.6 Å². The van der Waals surface area contributed by atoms with Crippen molar-refractivity contribution in [2.45, 2.75) is 6.54 Å². The minimum Gasteiger partial charge on any atom is -0.366 e. The van der Waals surface area contributed by atoms with Crippen molar-refractivity contribution in [2.75, 3.05) is 0 Å². The monoisotopic (exact) mass is 388 g/mol. The van der Waals surface area contributed by atoms with Crippen LogP contribution < -0.4 is 5.73 Å². The molecule has 1 amide bonds. The van der Waals surface area contributed by atoms with Crippen molar-refractivity contribution in [3.63, 3.8) is 0 Å². The lowest BCUT2D eigenvalue weighted by atomic mass is 10.1. The van der Waals surface area contributed by atoms with Crippen LogP contribution in [0, 0.1) is 17.5 Å². The standard InChI is InChI=1S/C20H12ClF3N2O/c21-13-5-1-3-10-17-11(20(25)27)4-2-6-16(17)26(19(10)13)9-12-14(22)7-8-15(23)18(12)24/h1-8H,9H2,(H2,25,27). The van der Waals surface area contributed by atoms with Crippen LogP contribution in [0.1, 0.15) is 15.9 Å². The van der Waals surface area contributed by atoms with Crippen LogP contribution in [0.25, 0.3) is 21.8 Å². The first-order chi connectivity index (χ1) is 12.9. The van der Waals surface area contributed by atoms with Gasteiger partial charge in [0.15, 0.2) is 11.6 Å². The Labute approximate surface area is 156 Å². The van der Waals surface area contributed by atoms with Crippen molar-refractivity contribution in [3.8, 4) is 0 Å². The Hall–Kier alpha value is -2.99. The van der Waals surface area contributed by atoms with E-state index in [2.05, 4.69) is 0 Å². The Kier molecular flexibility index (Phi) is 4.08. The summed E-state index contributed by atoms with van der Waals surface area (Å²) in [6.45, 7) is -0.304. The molecule has 0 aliphatic rings. The number of benzene rings is 3. The molecule has 0 bridgehead atoms. The van der Waals surface area contributed by atoms with E-state index < -0.39 is 28.9 Å². The molecule has 4 aromatic rings. The summed E-state index contributed by atoms with van der Waals surface area (Å²) in [4.78, 5) is 11.9. The lowest BCUT2D eigenvalue weighted by Gasteiger charge is -2.11. The molecular weight excluding hydrogens is 377 g/mol. The van der Waals surface area contributed by atoms with Crippen LogP contribution >= 0.6 is 11.6 Å². The smallest absolute Gasteiger partial charge is 0.249 e. The van der Waals surface area contributed by atoms with Gasteiger partial charge < -0.3 is 10.3 Å².